The Kier molecular flexibility index (Phi) is 5.69. The summed E-state index contributed by atoms with van der Waals surface area (Å²) in [6.45, 7) is 0. The number of hydrogen-bond donors (Lipinski definition) is 1. The molecule has 0 aliphatic heterocycles. The smallest absolute Gasteiger partial charge is 0.303 e. The number of carboxylic acid groups (broad SMARTS) is 1. The number of aryl methyl sites for hydroxylation is 1. The van der Waals surface area contributed by atoms with E-state index in [4.69, 9.17) is 9.63 Å². The number of carboxylic acids is 1. The predicted molar refractivity (Wildman–Crippen MR) is 73.0 cm³/mol. The Morgan fingerprint density at radius 1 is 1.37 bits per heavy atom. The van der Waals surface area contributed by atoms with Gasteiger partial charge in [0.2, 0.25) is 5.89 Å². The lowest BCUT2D eigenvalue weighted by Crippen LogP contribution is -1.96. The minimum absolute atomic E-state index is 0.207. The number of hydrogen-bond acceptors (Lipinski definition) is 5. The lowest BCUT2D eigenvalue weighted by atomic mass is 10.2. The largest absolute Gasteiger partial charge is 0.481 e. The van der Waals surface area contributed by atoms with E-state index < -0.39 is 5.97 Å². The Balaban J connectivity index is 1.65. The number of aromatic nitrogens is 2. The van der Waals surface area contributed by atoms with Gasteiger partial charge in [-0.2, -0.15) is 16.7 Å². The third-order valence-electron chi connectivity index (χ3n) is 3.29. The average molecular weight is 284 g/mol. The zero-order valence-corrected chi connectivity index (χ0v) is 11.8. The molecule has 1 aliphatic carbocycles. The zero-order valence-electron chi connectivity index (χ0n) is 11.0. The molecule has 1 aromatic heterocycles. The molecule has 0 saturated heterocycles. The van der Waals surface area contributed by atoms with Gasteiger partial charge < -0.3 is 9.63 Å². The van der Waals surface area contributed by atoms with Crippen LogP contribution >= 0.6 is 11.8 Å². The first-order valence-corrected chi connectivity index (χ1v) is 7.94. The first-order valence-electron chi connectivity index (χ1n) is 6.89. The van der Waals surface area contributed by atoms with Crippen LogP contribution in [0.4, 0.5) is 0 Å². The van der Waals surface area contributed by atoms with Crippen molar-refractivity contribution in [2.24, 2.45) is 0 Å². The van der Waals surface area contributed by atoms with Gasteiger partial charge >= 0.3 is 5.97 Å². The van der Waals surface area contributed by atoms with Crippen LogP contribution in [0.25, 0.3) is 0 Å². The van der Waals surface area contributed by atoms with Gasteiger partial charge in [0.15, 0.2) is 5.82 Å². The van der Waals surface area contributed by atoms with E-state index in [1.54, 1.807) is 0 Å². The molecular formula is C13H20N2O3S. The van der Waals surface area contributed by atoms with Crippen LogP contribution in [0.2, 0.25) is 0 Å². The molecule has 0 atom stereocenters. The number of thioether (sulfide) groups is 1. The van der Waals surface area contributed by atoms with Gasteiger partial charge in [-0.05, 0) is 25.7 Å². The first-order chi connectivity index (χ1) is 9.24. The van der Waals surface area contributed by atoms with Gasteiger partial charge in [-0.1, -0.05) is 18.0 Å². The molecule has 0 amide bonds. The van der Waals surface area contributed by atoms with Gasteiger partial charge in [0, 0.05) is 18.1 Å². The third kappa shape index (κ3) is 5.22. The van der Waals surface area contributed by atoms with Crippen molar-refractivity contribution >= 4 is 17.7 Å². The summed E-state index contributed by atoms with van der Waals surface area (Å²) in [5.41, 5.74) is 0. The molecule has 5 nitrogen and oxygen atoms in total. The Morgan fingerprint density at radius 2 is 2.16 bits per heavy atom. The van der Waals surface area contributed by atoms with Crippen molar-refractivity contribution in [3.8, 4) is 0 Å². The maximum Gasteiger partial charge on any atom is 0.303 e. The second-order valence-electron chi connectivity index (χ2n) is 4.92. The molecule has 106 valence electrons. The van der Waals surface area contributed by atoms with Crippen molar-refractivity contribution in [2.75, 3.05) is 0 Å². The first kappa shape index (κ1) is 14.4. The molecule has 0 aromatic carbocycles. The Bertz CT molecular complexity index is 402. The predicted octanol–water partition coefficient (Wildman–Crippen LogP) is 3.04. The van der Waals surface area contributed by atoms with Crippen LogP contribution in [0.3, 0.4) is 0 Å². The molecule has 6 heteroatoms. The second kappa shape index (κ2) is 7.53. The fourth-order valence-electron chi connectivity index (χ4n) is 2.25. The number of nitrogens with zero attached hydrogens (tertiary/aromatic N) is 2. The summed E-state index contributed by atoms with van der Waals surface area (Å²) in [7, 11) is 0. The Labute approximate surface area is 117 Å². The normalized spacial score (nSPS) is 16.0. The van der Waals surface area contributed by atoms with E-state index in [2.05, 4.69) is 10.1 Å². The molecular weight excluding hydrogens is 264 g/mol. The van der Waals surface area contributed by atoms with Crippen molar-refractivity contribution in [3.05, 3.63) is 11.7 Å². The lowest BCUT2D eigenvalue weighted by molar-refractivity contribution is -0.137. The number of unbranched alkanes of at least 4 members (excludes halogenated alkanes) is 1. The van der Waals surface area contributed by atoms with Crippen LogP contribution < -0.4 is 0 Å². The van der Waals surface area contributed by atoms with E-state index in [0.717, 1.165) is 23.2 Å². The van der Waals surface area contributed by atoms with E-state index in [9.17, 15) is 4.79 Å². The van der Waals surface area contributed by atoms with E-state index in [-0.39, 0.29) is 6.42 Å². The van der Waals surface area contributed by atoms with E-state index in [1.165, 1.54) is 25.7 Å². The summed E-state index contributed by atoms with van der Waals surface area (Å²) < 4.78 is 5.17. The van der Waals surface area contributed by atoms with E-state index in [1.807, 2.05) is 11.8 Å². The Morgan fingerprint density at radius 3 is 2.89 bits per heavy atom. The van der Waals surface area contributed by atoms with Gasteiger partial charge in [0.1, 0.15) is 0 Å². The van der Waals surface area contributed by atoms with E-state index >= 15 is 0 Å². The van der Waals surface area contributed by atoms with Gasteiger partial charge in [-0.25, -0.2) is 0 Å². The highest BCUT2D eigenvalue weighted by atomic mass is 32.2. The maximum atomic E-state index is 10.4. The highest BCUT2D eigenvalue weighted by molar-refractivity contribution is 7.99. The summed E-state index contributed by atoms with van der Waals surface area (Å²) in [6.07, 6.45) is 7.63. The molecule has 0 bridgehead atoms. The number of carbonyl (C=O) groups is 1. The molecule has 1 heterocycles. The number of aliphatic carboxylic acids is 1. The monoisotopic (exact) mass is 284 g/mol. The molecule has 19 heavy (non-hydrogen) atoms. The quantitative estimate of drug-likeness (QED) is 0.739. The van der Waals surface area contributed by atoms with Crippen molar-refractivity contribution in [3.63, 3.8) is 0 Å². The molecule has 1 N–H and O–H groups in total. The maximum absolute atomic E-state index is 10.4. The SMILES string of the molecule is O=C(O)CCCCc1nc(CSC2CCCC2)no1. The molecule has 1 aliphatic rings. The third-order valence-corrected chi connectivity index (χ3v) is 4.66. The summed E-state index contributed by atoms with van der Waals surface area (Å²) in [6, 6.07) is 0. The van der Waals surface area contributed by atoms with Crippen LogP contribution in [-0.4, -0.2) is 26.5 Å². The van der Waals surface area contributed by atoms with Gasteiger partial charge in [0.25, 0.3) is 0 Å². The highest BCUT2D eigenvalue weighted by Gasteiger charge is 2.16. The topological polar surface area (TPSA) is 76.2 Å². The number of rotatable bonds is 8. The minimum Gasteiger partial charge on any atom is -0.481 e. The van der Waals surface area contributed by atoms with Crippen molar-refractivity contribution in [1.29, 1.82) is 0 Å². The minimum atomic E-state index is -0.751. The highest BCUT2D eigenvalue weighted by Crippen LogP contribution is 2.30. The van der Waals surface area contributed by atoms with Crippen LogP contribution in [0.1, 0.15) is 56.7 Å². The van der Waals surface area contributed by atoms with Crippen molar-refractivity contribution in [2.45, 2.75) is 62.4 Å². The van der Waals surface area contributed by atoms with Crippen LogP contribution in [0.5, 0.6) is 0 Å². The fourth-order valence-corrected chi connectivity index (χ4v) is 3.42. The Hall–Kier alpha value is -1.04. The fraction of sp³-hybridized carbons (Fsp3) is 0.769. The van der Waals surface area contributed by atoms with Crippen LogP contribution in [-0.2, 0) is 17.0 Å². The van der Waals surface area contributed by atoms with Crippen molar-refractivity contribution in [1.82, 2.24) is 10.1 Å². The molecule has 0 radical (unpaired) electrons. The van der Waals surface area contributed by atoms with Crippen molar-refractivity contribution < 1.29 is 14.4 Å². The average Bonchev–Trinajstić information content (AvgIpc) is 3.03. The van der Waals surface area contributed by atoms with E-state index in [0.29, 0.717) is 18.7 Å². The second-order valence-corrected chi connectivity index (χ2v) is 6.21. The summed E-state index contributed by atoms with van der Waals surface area (Å²) in [4.78, 5) is 14.7. The van der Waals surface area contributed by atoms with Gasteiger partial charge in [-0.15, -0.1) is 0 Å². The molecule has 1 fully saturated rings. The van der Waals surface area contributed by atoms with Gasteiger partial charge in [0.05, 0.1) is 5.75 Å². The molecule has 2 rings (SSSR count). The van der Waals surface area contributed by atoms with Crippen LogP contribution in [0.15, 0.2) is 4.52 Å². The standard InChI is InChI=1S/C13H20N2O3S/c16-13(17)8-4-3-7-12-14-11(15-18-12)9-19-10-5-1-2-6-10/h10H,1-9H2,(H,16,17). The molecule has 0 spiro atoms. The van der Waals surface area contributed by atoms with Gasteiger partial charge in [-0.3, -0.25) is 4.79 Å². The summed E-state index contributed by atoms with van der Waals surface area (Å²) in [5.74, 6) is 1.47. The summed E-state index contributed by atoms with van der Waals surface area (Å²) in [5, 5.41) is 13.3. The van der Waals surface area contributed by atoms with Crippen LogP contribution in [0, 0.1) is 0 Å². The lowest BCUT2D eigenvalue weighted by Gasteiger charge is -2.04. The zero-order chi connectivity index (χ0) is 13.5. The molecule has 0 unspecified atom stereocenters. The molecule has 1 saturated carbocycles. The molecule has 1 aromatic rings. The summed E-state index contributed by atoms with van der Waals surface area (Å²) >= 11 is 1.92.